The van der Waals surface area contributed by atoms with Gasteiger partial charge >= 0.3 is 0 Å². The van der Waals surface area contributed by atoms with E-state index in [1.54, 1.807) is 18.2 Å². The van der Waals surface area contributed by atoms with E-state index in [9.17, 15) is 8.42 Å². The van der Waals surface area contributed by atoms with Crippen molar-refractivity contribution in [2.45, 2.75) is 37.3 Å². The Morgan fingerprint density at radius 1 is 1.26 bits per heavy atom. The van der Waals surface area contributed by atoms with E-state index >= 15 is 0 Å². The normalized spacial score (nSPS) is 16.7. The van der Waals surface area contributed by atoms with Gasteiger partial charge in [0.05, 0.1) is 30.8 Å². The molecule has 1 saturated heterocycles. The molecule has 0 spiro atoms. The van der Waals surface area contributed by atoms with Crippen molar-refractivity contribution in [3.63, 3.8) is 0 Å². The van der Waals surface area contributed by atoms with Crippen molar-refractivity contribution in [3.8, 4) is 0 Å². The van der Waals surface area contributed by atoms with Crippen molar-refractivity contribution in [3.05, 3.63) is 29.8 Å². The molecule has 1 aliphatic heterocycles. The highest BCUT2D eigenvalue weighted by molar-refractivity contribution is 14.0. The molecule has 1 aromatic carbocycles. The van der Waals surface area contributed by atoms with Gasteiger partial charge < -0.3 is 24.8 Å². The van der Waals surface area contributed by atoms with Crippen LogP contribution in [0.25, 0.3) is 0 Å². The Bertz CT molecular complexity index is 758. The quantitative estimate of drug-likeness (QED) is 0.143. The van der Waals surface area contributed by atoms with Crippen LogP contribution in [0, 0.1) is 0 Å². The summed E-state index contributed by atoms with van der Waals surface area (Å²) in [6.45, 7) is 6.53. The highest BCUT2D eigenvalue weighted by atomic mass is 127. The molecule has 1 fully saturated rings. The standard InChI is InChI=1S/C20H34N4O5S.HI/c1-3-21-20(22-9-5-11-29-18-8-12-28-16-18)23-15-17-6-4-7-19(14-17)30(25,26)24-10-13-27-2;/h4,6-7,14,18,24H,3,5,8-13,15-16H2,1-2H3,(H2,21,22,23);1H. The summed E-state index contributed by atoms with van der Waals surface area (Å²) in [5.41, 5.74) is 0.811. The molecule has 0 bridgehead atoms. The number of guanidine groups is 1. The molecule has 0 saturated carbocycles. The van der Waals surface area contributed by atoms with Gasteiger partial charge in [0, 0.05) is 40.0 Å². The first-order chi connectivity index (χ1) is 14.5. The first-order valence-corrected chi connectivity index (χ1v) is 11.8. The molecule has 1 heterocycles. The molecule has 0 aliphatic carbocycles. The van der Waals surface area contributed by atoms with E-state index < -0.39 is 10.0 Å². The van der Waals surface area contributed by atoms with Gasteiger partial charge in [0.1, 0.15) is 0 Å². The Hall–Kier alpha value is -0.990. The molecule has 1 aromatic rings. The number of nitrogens with one attached hydrogen (secondary N) is 3. The van der Waals surface area contributed by atoms with Gasteiger partial charge in [0.2, 0.25) is 10.0 Å². The molecule has 1 unspecified atom stereocenters. The lowest BCUT2D eigenvalue weighted by molar-refractivity contribution is 0.0420. The van der Waals surface area contributed by atoms with Crippen molar-refractivity contribution in [1.82, 2.24) is 15.4 Å². The van der Waals surface area contributed by atoms with Crippen LogP contribution in [0.2, 0.25) is 0 Å². The van der Waals surface area contributed by atoms with Crippen molar-refractivity contribution < 1.29 is 22.6 Å². The predicted molar refractivity (Wildman–Crippen MR) is 132 cm³/mol. The van der Waals surface area contributed by atoms with Gasteiger partial charge in [-0.1, -0.05) is 12.1 Å². The fourth-order valence-electron chi connectivity index (χ4n) is 2.86. The number of hydrogen-bond acceptors (Lipinski definition) is 6. The highest BCUT2D eigenvalue weighted by Gasteiger charge is 2.15. The van der Waals surface area contributed by atoms with Crippen LogP contribution in [0.1, 0.15) is 25.3 Å². The Morgan fingerprint density at radius 3 is 2.81 bits per heavy atom. The Kier molecular flexibility index (Phi) is 14.3. The summed E-state index contributed by atoms with van der Waals surface area (Å²) in [6.07, 6.45) is 2.05. The zero-order valence-corrected chi connectivity index (χ0v) is 21.4. The second-order valence-corrected chi connectivity index (χ2v) is 8.64. The zero-order chi connectivity index (χ0) is 21.7. The van der Waals surface area contributed by atoms with Crippen LogP contribution < -0.4 is 15.4 Å². The molecular weight excluding hydrogens is 535 g/mol. The monoisotopic (exact) mass is 570 g/mol. The van der Waals surface area contributed by atoms with Gasteiger partial charge in [-0.3, -0.25) is 0 Å². The van der Waals surface area contributed by atoms with Crippen molar-refractivity contribution >= 4 is 40.0 Å². The highest BCUT2D eigenvalue weighted by Crippen LogP contribution is 2.12. The summed E-state index contributed by atoms with van der Waals surface area (Å²) >= 11 is 0. The Balaban J connectivity index is 0.00000480. The molecule has 31 heavy (non-hydrogen) atoms. The van der Waals surface area contributed by atoms with Gasteiger partial charge in [-0.15, -0.1) is 24.0 Å². The topological polar surface area (TPSA) is 110 Å². The lowest BCUT2D eigenvalue weighted by Crippen LogP contribution is -2.38. The summed E-state index contributed by atoms with van der Waals surface area (Å²) < 4.78 is 43.2. The third-order valence-corrected chi connectivity index (χ3v) is 5.88. The van der Waals surface area contributed by atoms with E-state index in [4.69, 9.17) is 14.2 Å². The molecule has 0 radical (unpaired) electrons. The molecular formula is C20H35IN4O5S. The van der Waals surface area contributed by atoms with E-state index in [-0.39, 0.29) is 41.5 Å². The molecule has 11 heteroatoms. The lowest BCUT2D eigenvalue weighted by atomic mass is 10.2. The molecule has 1 aliphatic rings. The largest absolute Gasteiger partial charge is 0.383 e. The van der Waals surface area contributed by atoms with Gasteiger partial charge in [-0.05, 0) is 37.5 Å². The fraction of sp³-hybridized carbons (Fsp3) is 0.650. The molecule has 2 rings (SSSR count). The number of rotatable bonds is 13. The number of hydrogen-bond donors (Lipinski definition) is 3. The Morgan fingerprint density at radius 2 is 2.10 bits per heavy atom. The maximum absolute atomic E-state index is 12.4. The average Bonchev–Trinajstić information content (AvgIpc) is 3.25. The molecule has 0 aromatic heterocycles. The van der Waals surface area contributed by atoms with Gasteiger partial charge in [-0.2, -0.15) is 0 Å². The minimum absolute atomic E-state index is 0. The first-order valence-electron chi connectivity index (χ1n) is 10.3. The second kappa shape index (κ2) is 15.8. The van der Waals surface area contributed by atoms with E-state index in [1.165, 1.54) is 7.11 Å². The van der Waals surface area contributed by atoms with Crippen LogP contribution >= 0.6 is 24.0 Å². The van der Waals surface area contributed by atoms with E-state index in [2.05, 4.69) is 20.3 Å². The van der Waals surface area contributed by atoms with E-state index in [0.29, 0.717) is 32.3 Å². The summed E-state index contributed by atoms with van der Waals surface area (Å²) in [5, 5.41) is 6.48. The maximum atomic E-state index is 12.4. The average molecular weight is 570 g/mol. The number of halogens is 1. The number of nitrogens with zero attached hydrogens (tertiary/aromatic N) is 1. The Labute approximate surface area is 202 Å². The molecule has 0 amide bonds. The first kappa shape index (κ1) is 28.0. The lowest BCUT2D eigenvalue weighted by Gasteiger charge is -2.13. The minimum Gasteiger partial charge on any atom is -0.383 e. The van der Waals surface area contributed by atoms with Crippen LogP contribution in [0.15, 0.2) is 34.2 Å². The smallest absolute Gasteiger partial charge is 0.240 e. The maximum Gasteiger partial charge on any atom is 0.240 e. The van der Waals surface area contributed by atoms with Crippen molar-refractivity contribution in [2.24, 2.45) is 4.99 Å². The number of benzene rings is 1. The van der Waals surface area contributed by atoms with E-state index in [0.717, 1.165) is 38.1 Å². The number of aliphatic imine (C=N–C) groups is 1. The molecule has 178 valence electrons. The third kappa shape index (κ3) is 10.9. The summed E-state index contributed by atoms with van der Waals surface area (Å²) in [4.78, 5) is 4.78. The fourth-order valence-corrected chi connectivity index (χ4v) is 3.94. The van der Waals surface area contributed by atoms with Gasteiger partial charge in [-0.25, -0.2) is 18.1 Å². The van der Waals surface area contributed by atoms with Crippen LogP contribution in [-0.2, 0) is 30.8 Å². The summed E-state index contributed by atoms with van der Waals surface area (Å²) in [5.74, 6) is 0.688. The predicted octanol–water partition coefficient (Wildman–Crippen LogP) is 1.48. The van der Waals surface area contributed by atoms with Crippen LogP contribution in [0.3, 0.4) is 0 Å². The zero-order valence-electron chi connectivity index (χ0n) is 18.3. The van der Waals surface area contributed by atoms with Crippen LogP contribution in [0.4, 0.5) is 0 Å². The molecule has 3 N–H and O–H groups in total. The molecule has 1 atom stereocenters. The number of sulfonamides is 1. The third-order valence-electron chi connectivity index (χ3n) is 4.43. The summed E-state index contributed by atoms with van der Waals surface area (Å²) in [7, 11) is -2.04. The number of ether oxygens (including phenoxy) is 3. The minimum atomic E-state index is -3.56. The van der Waals surface area contributed by atoms with E-state index in [1.807, 2.05) is 13.0 Å². The van der Waals surface area contributed by atoms with Crippen molar-refractivity contribution in [2.75, 3.05) is 53.2 Å². The number of methoxy groups -OCH3 is 1. The van der Waals surface area contributed by atoms with Crippen LogP contribution in [0.5, 0.6) is 0 Å². The van der Waals surface area contributed by atoms with Crippen molar-refractivity contribution in [1.29, 1.82) is 0 Å². The molecule has 9 nitrogen and oxygen atoms in total. The second-order valence-electron chi connectivity index (χ2n) is 6.87. The van der Waals surface area contributed by atoms with Crippen LogP contribution in [-0.4, -0.2) is 73.7 Å². The van der Waals surface area contributed by atoms with Gasteiger partial charge in [0.25, 0.3) is 0 Å². The summed E-state index contributed by atoms with van der Waals surface area (Å²) in [6, 6.07) is 6.79. The SMILES string of the molecule is CCNC(=NCc1cccc(S(=O)(=O)NCCOC)c1)NCCCOC1CCOC1.I. The van der Waals surface area contributed by atoms with Gasteiger partial charge in [0.15, 0.2) is 5.96 Å².